The average molecular weight is 256 g/mol. The van der Waals surface area contributed by atoms with Gasteiger partial charge in [-0.25, -0.2) is 0 Å². The number of aliphatic hydroxyl groups excluding tert-OH is 1. The van der Waals surface area contributed by atoms with Crippen molar-refractivity contribution < 1.29 is 5.11 Å². The lowest BCUT2D eigenvalue weighted by atomic mass is 9.75. The van der Waals surface area contributed by atoms with Gasteiger partial charge in [0.1, 0.15) is 0 Å². The maximum Gasteiger partial charge on any atom is 0.0468 e. The summed E-state index contributed by atoms with van der Waals surface area (Å²) in [5, 5.41) is 9.30. The van der Waals surface area contributed by atoms with Crippen LogP contribution in [0.5, 0.6) is 0 Å². The van der Waals surface area contributed by atoms with E-state index in [0.717, 1.165) is 32.0 Å². The minimum Gasteiger partial charge on any atom is -0.396 e. The van der Waals surface area contributed by atoms with Gasteiger partial charge in [0.15, 0.2) is 0 Å². The van der Waals surface area contributed by atoms with Crippen LogP contribution in [0.2, 0.25) is 0 Å². The van der Waals surface area contributed by atoms with Crippen molar-refractivity contribution in [2.24, 2.45) is 17.6 Å². The van der Waals surface area contributed by atoms with Crippen LogP contribution in [0, 0.1) is 11.8 Å². The molecule has 0 heterocycles. The molecule has 3 atom stereocenters. The highest BCUT2D eigenvalue weighted by Crippen LogP contribution is 2.36. The van der Waals surface area contributed by atoms with E-state index in [-0.39, 0.29) is 12.1 Å². The topological polar surface area (TPSA) is 49.5 Å². The molecule has 1 fully saturated rings. The lowest BCUT2D eigenvalue weighted by Crippen LogP contribution is -2.57. The molecular weight excluding hydrogens is 224 g/mol. The summed E-state index contributed by atoms with van der Waals surface area (Å²) in [4.78, 5) is 2.57. The van der Waals surface area contributed by atoms with Crippen LogP contribution in [0.3, 0.4) is 0 Å². The Labute approximate surface area is 113 Å². The highest BCUT2D eigenvalue weighted by Gasteiger charge is 2.38. The fourth-order valence-corrected chi connectivity index (χ4v) is 3.46. The molecule has 1 aliphatic carbocycles. The van der Waals surface area contributed by atoms with E-state index < -0.39 is 0 Å². The first-order valence-corrected chi connectivity index (χ1v) is 7.64. The van der Waals surface area contributed by atoms with E-state index in [4.69, 9.17) is 5.73 Å². The number of hydrogen-bond donors (Lipinski definition) is 2. The van der Waals surface area contributed by atoms with Crippen LogP contribution in [0.1, 0.15) is 52.9 Å². The fraction of sp³-hybridized carbons (Fsp3) is 1.00. The molecule has 0 saturated heterocycles. The second-order valence-electron chi connectivity index (χ2n) is 6.36. The Bertz CT molecular complexity index is 235. The molecule has 3 nitrogen and oxygen atoms in total. The maximum atomic E-state index is 9.30. The normalized spacial score (nSPS) is 30.7. The van der Waals surface area contributed by atoms with Gasteiger partial charge in [-0.3, -0.25) is 4.90 Å². The molecular formula is C15H32N2O. The van der Waals surface area contributed by atoms with E-state index in [1.54, 1.807) is 0 Å². The van der Waals surface area contributed by atoms with Gasteiger partial charge in [-0.15, -0.1) is 0 Å². The van der Waals surface area contributed by atoms with Gasteiger partial charge in [0, 0.05) is 25.2 Å². The molecule has 0 aromatic rings. The minimum atomic E-state index is 0.192. The molecule has 3 unspecified atom stereocenters. The summed E-state index contributed by atoms with van der Waals surface area (Å²) < 4.78 is 0. The Morgan fingerprint density at radius 2 is 2.22 bits per heavy atom. The smallest absolute Gasteiger partial charge is 0.0468 e. The Hall–Kier alpha value is -0.120. The lowest BCUT2D eigenvalue weighted by Gasteiger charge is -2.48. The number of hydrogen-bond acceptors (Lipinski definition) is 3. The largest absolute Gasteiger partial charge is 0.396 e. The van der Waals surface area contributed by atoms with Gasteiger partial charge in [-0.05, 0) is 37.6 Å². The van der Waals surface area contributed by atoms with Gasteiger partial charge in [0.05, 0.1) is 0 Å². The summed E-state index contributed by atoms with van der Waals surface area (Å²) in [6, 6.07) is 0. The van der Waals surface area contributed by atoms with Crippen LogP contribution in [0.15, 0.2) is 0 Å². The molecule has 3 N–H and O–H groups in total. The highest BCUT2D eigenvalue weighted by atomic mass is 16.3. The van der Waals surface area contributed by atoms with E-state index in [0.29, 0.717) is 5.92 Å². The zero-order valence-electron chi connectivity index (χ0n) is 12.5. The van der Waals surface area contributed by atoms with Crippen molar-refractivity contribution in [3.8, 4) is 0 Å². The molecule has 0 aromatic heterocycles. The third-order valence-electron chi connectivity index (χ3n) is 4.46. The standard InChI is InChI=1S/C15H32N2O/c1-4-8-17(10-14(3)11-18)15(12-16)7-5-6-13(2)9-15/h13-14,18H,4-12,16H2,1-3H3. The van der Waals surface area contributed by atoms with E-state index in [2.05, 4.69) is 25.7 Å². The zero-order valence-corrected chi connectivity index (χ0v) is 12.5. The second kappa shape index (κ2) is 7.46. The van der Waals surface area contributed by atoms with Crippen LogP contribution in [-0.2, 0) is 0 Å². The molecule has 0 aliphatic heterocycles. The van der Waals surface area contributed by atoms with Crippen molar-refractivity contribution in [2.75, 3.05) is 26.2 Å². The van der Waals surface area contributed by atoms with E-state index >= 15 is 0 Å². The lowest BCUT2D eigenvalue weighted by molar-refractivity contribution is 0.0212. The van der Waals surface area contributed by atoms with E-state index in [1.807, 2.05) is 0 Å². The predicted molar refractivity (Wildman–Crippen MR) is 77.5 cm³/mol. The van der Waals surface area contributed by atoms with Crippen LogP contribution >= 0.6 is 0 Å². The van der Waals surface area contributed by atoms with Crippen molar-refractivity contribution in [3.05, 3.63) is 0 Å². The fourth-order valence-electron chi connectivity index (χ4n) is 3.46. The monoisotopic (exact) mass is 256 g/mol. The summed E-state index contributed by atoms with van der Waals surface area (Å²) >= 11 is 0. The number of nitrogens with zero attached hydrogens (tertiary/aromatic N) is 1. The van der Waals surface area contributed by atoms with Gasteiger partial charge in [0.25, 0.3) is 0 Å². The minimum absolute atomic E-state index is 0.192. The van der Waals surface area contributed by atoms with Gasteiger partial charge in [-0.1, -0.05) is 33.6 Å². The van der Waals surface area contributed by atoms with Gasteiger partial charge in [0.2, 0.25) is 0 Å². The molecule has 0 amide bonds. The first-order valence-electron chi connectivity index (χ1n) is 7.64. The van der Waals surface area contributed by atoms with Crippen molar-refractivity contribution in [1.82, 2.24) is 4.90 Å². The molecule has 1 rings (SSSR count). The maximum absolute atomic E-state index is 9.30. The molecule has 0 aromatic carbocycles. The number of aliphatic hydroxyl groups is 1. The van der Waals surface area contributed by atoms with E-state index in [9.17, 15) is 5.11 Å². The third kappa shape index (κ3) is 3.94. The summed E-state index contributed by atoms with van der Waals surface area (Å²) in [7, 11) is 0. The first-order chi connectivity index (χ1) is 8.57. The van der Waals surface area contributed by atoms with Gasteiger partial charge in [-0.2, -0.15) is 0 Å². The predicted octanol–water partition coefficient (Wildman–Crippen LogP) is 2.23. The quantitative estimate of drug-likeness (QED) is 0.734. The highest BCUT2D eigenvalue weighted by molar-refractivity contribution is 4.96. The van der Waals surface area contributed by atoms with Gasteiger partial charge < -0.3 is 10.8 Å². The van der Waals surface area contributed by atoms with Crippen LogP contribution in [0.25, 0.3) is 0 Å². The van der Waals surface area contributed by atoms with E-state index in [1.165, 1.54) is 25.7 Å². The number of rotatable bonds is 7. The molecule has 3 heteroatoms. The molecule has 0 spiro atoms. The summed E-state index contributed by atoms with van der Waals surface area (Å²) in [6.45, 7) is 9.82. The van der Waals surface area contributed by atoms with Gasteiger partial charge >= 0.3 is 0 Å². The summed E-state index contributed by atoms with van der Waals surface area (Å²) in [5.74, 6) is 1.13. The number of nitrogens with two attached hydrogens (primary N) is 1. The molecule has 1 aliphatic rings. The average Bonchev–Trinajstić information content (AvgIpc) is 2.37. The van der Waals surface area contributed by atoms with Crippen LogP contribution in [-0.4, -0.2) is 41.8 Å². The Kier molecular flexibility index (Phi) is 6.61. The summed E-state index contributed by atoms with van der Waals surface area (Å²) in [6.07, 6.45) is 6.26. The summed E-state index contributed by atoms with van der Waals surface area (Å²) in [5.41, 5.74) is 6.34. The molecule has 18 heavy (non-hydrogen) atoms. The van der Waals surface area contributed by atoms with Crippen molar-refractivity contribution in [2.45, 2.75) is 58.4 Å². The molecule has 0 bridgehead atoms. The van der Waals surface area contributed by atoms with Crippen molar-refractivity contribution >= 4 is 0 Å². The zero-order chi connectivity index (χ0) is 13.6. The third-order valence-corrected chi connectivity index (χ3v) is 4.46. The second-order valence-corrected chi connectivity index (χ2v) is 6.36. The molecule has 0 radical (unpaired) electrons. The SMILES string of the molecule is CCCN(CC(C)CO)C1(CN)CCCC(C)C1. The Morgan fingerprint density at radius 1 is 1.50 bits per heavy atom. The van der Waals surface area contributed by atoms with Crippen molar-refractivity contribution in [1.29, 1.82) is 0 Å². The van der Waals surface area contributed by atoms with Crippen molar-refractivity contribution in [3.63, 3.8) is 0 Å². The van der Waals surface area contributed by atoms with Crippen LogP contribution < -0.4 is 5.73 Å². The van der Waals surface area contributed by atoms with Crippen LogP contribution in [0.4, 0.5) is 0 Å². The Balaban J connectivity index is 2.77. The molecule has 1 saturated carbocycles. The Morgan fingerprint density at radius 3 is 2.72 bits per heavy atom. The first kappa shape index (κ1) is 15.9. The molecule has 108 valence electrons.